The van der Waals surface area contributed by atoms with Crippen LogP contribution in [0.3, 0.4) is 0 Å². The maximum atomic E-state index is 12.3. The van der Waals surface area contributed by atoms with Gasteiger partial charge in [0.2, 0.25) is 11.7 Å². The number of thiophene rings is 1. The fourth-order valence-electron chi connectivity index (χ4n) is 2.97. The summed E-state index contributed by atoms with van der Waals surface area (Å²) in [5.74, 6) is -0.0382. The van der Waals surface area contributed by atoms with E-state index in [1.54, 1.807) is 12.1 Å². The number of benzene rings is 1. The van der Waals surface area contributed by atoms with Crippen molar-refractivity contribution in [1.29, 1.82) is 0 Å². The number of nitrogens with zero attached hydrogens (tertiary/aromatic N) is 2. The lowest BCUT2D eigenvalue weighted by Crippen LogP contribution is -2.23. The molecule has 2 N–H and O–H groups in total. The summed E-state index contributed by atoms with van der Waals surface area (Å²) < 4.78 is 15.6. The average Bonchev–Trinajstić information content (AvgIpc) is 3.02. The highest BCUT2D eigenvalue weighted by Gasteiger charge is 2.16. The van der Waals surface area contributed by atoms with E-state index in [1.165, 1.54) is 38.7 Å². The highest BCUT2D eigenvalue weighted by Crippen LogP contribution is 2.38. The Labute approximate surface area is 187 Å². The summed E-state index contributed by atoms with van der Waals surface area (Å²) in [6.07, 6.45) is 1.24. The van der Waals surface area contributed by atoms with E-state index in [0.717, 1.165) is 10.4 Å². The summed E-state index contributed by atoms with van der Waals surface area (Å²) in [5.41, 5.74) is 3.55. The van der Waals surface area contributed by atoms with Gasteiger partial charge in [0, 0.05) is 17.4 Å². The van der Waals surface area contributed by atoms with Crippen molar-refractivity contribution >= 4 is 39.6 Å². The van der Waals surface area contributed by atoms with Gasteiger partial charge in [0.05, 0.1) is 32.2 Å². The van der Waals surface area contributed by atoms with Crippen LogP contribution in [0.25, 0.3) is 10.2 Å². The molecule has 0 saturated carbocycles. The molecule has 168 valence electrons. The molecule has 10 nitrogen and oxygen atoms in total. The molecule has 0 atom stereocenters. The Morgan fingerprint density at radius 3 is 2.47 bits per heavy atom. The van der Waals surface area contributed by atoms with Crippen molar-refractivity contribution < 1.29 is 23.8 Å². The number of hydrazone groups is 1. The van der Waals surface area contributed by atoms with Crippen LogP contribution < -0.4 is 25.2 Å². The quantitative estimate of drug-likeness (QED) is 0.240. The van der Waals surface area contributed by atoms with Gasteiger partial charge in [0.25, 0.3) is 5.56 Å². The van der Waals surface area contributed by atoms with E-state index in [1.807, 2.05) is 13.8 Å². The lowest BCUT2D eigenvalue weighted by atomic mass is 10.2. The Morgan fingerprint density at radius 1 is 1.22 bits per heavy atom. The number of ether oxygens (including phenoxy) is 3. The fourth-order valence-corrected chi connectivity index (χ4v) is 4.02. The number of hydrogen-bond acceptors (Lipinski definition) is 9. The van der Waals surface area contributed by atoms with Crippen LogP contribution in [0.1, 0.15) is 28.8 Å². The first-order valence-corrected chi connectivity index (χ1v) is 10.3. The number of methoxy groups -OCH3 is 2. The van der Waals surface area contributed by atoms with Crippen LogP contribution in [0.5, 0.6) is 17.2 Å². The minimum absolute atomic E-state index is 0.142. The van der Waals surface area contributed by atoms with Gasteiger partial charge in [0.15, 0.2) is 11.5 Å². The van der Waals surface area contributed by atoms with Crippen LogP contribution in [-0.2, 0) is 16.0 Å². The maximum Gasteiger partial charge on any atom is 0.308 e. The molecule has 0 fully saturated rings. The predicted octanol–water partition coefficient (Wildman–Crippen LogP) is 2.24. The number of aryl methyl sites for hydroxylation is 2. The zero-order chi connectivity index (χ0) is 23.4. The molecule has 32 heavy (non-hydrogen) atoms. The number of aromatic amines is 1. The van der Waals surface area contributed by atoms with E-state index in [9.17, 15) is 14.4 Å². The number of rotatable bonds is 7. The van der Waals surface area contributed by atoms with Gasteiger partial charge in [-0.2, -0.15) is 5.10 Å². The van der Waals surface area contributed by atoms with Gasteiger partial charge in [-0.05, 0) is 31.5 Å². The van der Waals surface area contributed by atoms with E-state index in [2.05, 4.69) is 20.5 Å². The number of hydrogen-bond donors (Lipinski definition) is 2. The summed E-state index contributed by atoms with van der Waals surface area (Å²) in [6, 6.07) is 3.15. The molecule has 1 aromatic carbocycles. The largest absolute Gasteiger partial charge is 0.493 e. The second-order valence-electron chi connectivity index (χ2n) is 6.79. The Morgan fingerprint density at radius 2 is 1.88 bits per heavy atom. The number of H-pyrrole nitrogens is 1. The fraction of sp³-hybridized carbons (Fsp3) is 0.286. The molecule has 1 amide bonds. The summed E-state index contributed by atoms with van der Waals surface area (Å²) in [5, 5.41) is 4.47. The second kappa shape index (κ2) is 9.60. The predicted molar refractivity (Wildman–Crippen MR) is 120 cm³/mol. The average molecular weight is 458 g/mol. The SMILES string of the molecule is COc1cc(/C=N/NC(=O)Cc2nc3sc(C)c(C)c3c(=O)[nH]2)cc(OC)c1OC(C)=O. The third-order valence-corrected chi connectivity index (χ3v) is 5.65. The maximum absolute atomic E-state index is 12.3. The summed E-state index contributed by atoms with van der Waals surface area (Å²) in [7, 11) is 2.84. The van der Waals surface area contributed by atoms with Crippen molar-refractivity contribution in [1.82, 2.24) is 15.4 Å². The highest BCUT2D eigenvalue weighted by molar-refractivity contribution is 7.18. The van der Waals surface area contributed by atoms with Crippen molar-refractivity contribution in [3.05, 3.63) is 44.3 Å². The Balaban J connectivity index is 1.73. The van der Waals surface area contributed by atoms with Crippen LogP contribution in [0.15, 0.2) is 22.0 Å². The lowest BCUT2D eigenvalue weighted by Gasteiger charge is -2.13. The Bertz CT molecular complexity index is 1250. The highest BCUT2D eigenvalue weighted by atomic mass is 32.1. The van der Waals surface area contributed by atoms with E-state index in [-0.39, 0.29) is 35.1 Å². The molecule has 0 unspecified atom stereocenters. The van der Waals surface area contributed by atoms with Crippen molar-refractivity contribution in [3.63, 3.8) is 0 Å². The lowest BCUT2D eigenvalue weighted by molar-refractivity contribution is -0.132. The molecule has 3 aromatic rings. The van der Waals surface area contributed by atoms with E-state index < -0.39 is 11.9 Å². The molecule has 2 aromatic heterocycles. The van der Waals surface area contributed by atoms with Gasteiger partial charge in [-0.3, -0.25) is 14.4 Å². The van der Waals surface area contributed by atoms with Gasteiger partial charge < -0.3 is 19.2 Å². The molecule has 0 spiro atoms. The zero-order valence-electron chi connectivity index (χ0n) is 18.2. The number of carbonyl (C=O) groups excluding carboxylic acids is 2. The number of aromatic nitrogens is 2. The van der Waals surface area contributed by atoms with Crippen molar-refractivity contribution in [3.8, 4) is 17.2 Å². The van der Waals surface area contributed by atoms with Gasteiger partial charge in [-0.15, -0.1) is 11.3 Å². The van der Waals surface area contributed by atoms with Crippen LogP contribution >= 0.6 is 11.3 Å². The van der Waals surface area contributed by atoms with Gasteiger partial charge in [0.1, 0.15) is 10.7 Å². The van der Waals surface area contributed by atoms with Crippen molar-refractivity contribution in [2.24, 2.45) is 5.10 Å². The molecule has 0 radical (unpaired) electrons. The minimum Gasteiger partial charge on any atom is -0.493 e. The number of amides is 1. The number of nitrogens with one attached hydrogen (secondary N) is 2. The molecule has 0 bridgehead atoms. The summed E-state index contributed by atoms with van der Waals surface area (Å²) in [4.78, 5) is 44.5. The normalized spacial score (nSPS) is 11.0. The molecular formula is C21H22N4O6S. The first-order chi connectivity index (χ1) is 15.2. The van der Waals surface area contributed by atoms with Crippen LogP contribution in [0.4, 0.5) is 0 Å². The standard InChI is InChI=1S/C21H22N4O6S/c1-10-11(2)32-21-18(10)20(28)23-16(24-21)8-17(27)25-22-9-13-6-14(29-4)19(31-12(3)26)15(7-13)30-5/h6-7,9H,8H2,1-5H3,(H,25,27)(H,23,24,28)/b22-9+. The molecule has 0 saturated heterocycles. The molecule has 3 rings (SSSR count). The molecular weight excluding hydrogens is 436 g/mol. The molecule has 11 heteroatoms. The third kappa shape index (κ3) is 4.94. The number of esters is 1. The number of carbonyl (C=O) groups is 2. The minimum atomic E-state index is -0.520. The van der Waals surface area contributed by atoms with Crippen LogP contribution in [0, 0.1) is 13.8 Å². The van der Waals surface area contributed by atoms with E-state index in [4.69, 9.17) is 14.2 Å². The molecule has 0 aliphatic rings. The first kappa shape index (κ1) is 22.9. The van der Waals surface area contributed by atoms with Crippen LogP contribution in [-0.4, -0.2) is 42.3 Å². The topological polar surface area (TPSA) is 132 Å². The summed E-state index contributed by atoms with van der Waals surface area (Å²) in [6.45, 7) is 5.06. The molecule has 0 aliphatic carbocycles. The van der Waals surface area contributed by atoms with Crippen molar-refractivity contribution in [2.45, 2.75) is 27.2 Å². The van der Waals surface area contributed by atoms with Gasteiger partial charge in [-0.25, -0.2) is 10.4 Å². The Hall–Kier alpha value is -3.73. The van der Waals surface area contributed by atoms with E-state index >= 15 is 0 Å². The number of fused-ring (bicyclic) bond motifs is 1. The van der Waals surface area contributed by atoms with E-state index in [0.29, 0.717) is 15.8 Å². The van der Waals surface area contributed by atoms with Gasteiger partial charge >= 0.3 is 5.97 Å². The second-order valence-corrected chi connectivity index (χ2v) is 8.00. The van der Waals surface area contributed by atoms with Crippen molar-refractivity contribution in [2.75, 3.05) is 14.2 Å². The first-order valence-electron chi connectivity index (χ1n) is 9.48. The molecule has 2 heterocycles. The summed E-state index contributed by atoms with van der Waals surface area (Å²) >= 11 is 1.41. The molecule has 0 aliphatic heterocycles. The van der Waals surface area contributed by atoms with Gasteiger partial charge in [-0.1, -0.05) is 0 Å². The van der Waals surface area contributed by atoms with Crippen LogP contribution in [0.2, 0.25) is 0 Å². The monoisotopic (exact) mass is 458 g/mol. The third-order valence-electron chi connectivity index (χ3n) is 4.55. The Kier molecular flexibility index (Phi) is 6.89. The zero-order valence-corrected chi connectivity index (χ0v) is 19.0. The smallest absolute Gasteiger partial charge is 0.308 e.